The highest BCUT2D eigenvalue weighted by Crippen LogP contribution is 2.37. The number of Topliss-reactive ketones (excluding diaryl/α,β-unsaturated/α-hetero) is 1. The van der Waals surface area contributed by atoms with Crippen molar-refractivity contribution in [3.8, 4) is 17.2 Å². The van der Waals surface area contributed by atoms with Crippen LogP contribution in [0.4, 0.5) is 0 Å². The van der Waals surface area contributed by atoms with Crippen molar-refractivity contribution in [3.63, 3.8) is 0 Å². The maximum atomic E-state index is 12.1. The minimum absolute atomic E-state index is 0.0113. The summed E-state index contributed by atoms with van der Waals surface area (Å²) < 4.78 is 20.0. The molecule has 0 aliphatic carbocycles. The predicted molar refractivity (Wildman–Crippen MR) is 67.1 cm³/mol. The van der Waals surface area contributed by atoms with E-state index in [1.807, 2.05) is 0 Å². The Bertz CT molecular complexity index is 480. The first-order valence-electron chi connectivity index (χ1n) is 5.61. The lowest BCUT2D eigenvalue weighted by atomic mass is 10.1. The average molecular weight is 268 g/mol. The van der Waals surface area contributed by atoms with E-state index in [2.05, 4.69) is 0 Å². The van der Waals surface area contributed by atoms with Gasteiger partial charge in [0.15, 0.2) is 11.5 Å². The van der Waals surface area contributed by atoms with E-state index in [9.17, 15) is 9.59 Å². The fraction of sp³-hybridized carbons (Fsp3) is 0.385. The molecule has 0 fully saturated rings. The monoisotopic (exact) mass is 268 g/mol. The van der Waals surface area contributed by atoms with Gasteiger partial charge in [-0.2, -0.15) is 0 Å². The second kappa shape index (κ2) is 6.63. The summed E-state index contributed by atoms with van der Waals surface area (Å²) in [7, 11) is 4.20. The summed E-state index contributed by atoms with van der Waals surface area (Å²) in [4.78, 5) is 23.6. The third-order valence-corrected chi connectivity index (χ3v) is 2.42. The standard InChI is InChI=1S/C13H16O6/c1-5-19-13(15)11(14)10-8(16-2)6-7-9(17-3)12(10)18-4/h6-7H,5H2,1-4H3. The number of methoxy groups -OCH3 is 3. The second-order valence-corrected chi connectivity index (χ2v) is 3.43. The highest BCUT2D eigenvalue weighted by Gasteiger charge is 2.28. The third kappa shape index (κ3) is 2.96. The third-order valence-electron chi connectivity index (χ3n) is 2.42. The number of ketones is 1. The minimum Gasteiger partial charge on any atom is -0.496 e. The second-order valence-electron chi connectivity index (χ2n) is 3.43. The Balaban J connectivity index is 3.37. The van der Waals surface area contributed by atoms with Gasteiger partial charge in [-0.25, -0.2) is 4.79 Å². The van der Waals surface area contributed by atoms with Gasteiger partial charge in [-0.05, 0) is 19.1 Å². The molecular weight excluding hydrogens is 252 g/mol. The Morgan fingerprint density at radius 2 is 1.58 bits per heavy atom. The first kappa shape index (κ1) is 14.8. The molecule has 0 radical (unpaired) electrons. The van der Waals surface area contributed by atoms with Crippen LogP contribution in [0.5, 0.6) is 17.2 Å². The highest BCUT2D eigenvalue weighted by atomic mass is 16.5. The van der Waals surface area contributed by atoms with Gasteiger partial charge in [0, 0.05) is 0 Å². The van der Waals surface area contributed by atoms with E-state index < -0.39 is 11.8 Å². The summed E-state index contributed by atoms with van der Waals surface area (Å²) in [5.74, 6) is -1.12. The quantitative estimate of drug-likeness (QED) is 0.442. The zero-order valence-electron chi connectivity index (χ0n) is 11.3. The largest absolute Gasteiger partial charge is 0.496 e. The zero-order chi connectivity index (χ0) is 14.4. The van der Waals surface area contributed by atoms with Crippen LogP contribution in [0.25, 0.3) is 0 Å². The maximum absolute atomic E-state index is 12.1. The summed E-state index contributed by atoms with van der Waals surface area (Å²) in [6.07, 6.45) is 0. The molecule has 104 valence electrons. The van der Waals surface area contributed by atoms with E-state index in [0.29, 0.717) is 5.75 Å². The van der Waals surface area contributed by atoms with Crippen molar-refractivity contribution >= 4 is 11.8 Å². The van der Waals surface area contributed by atoms with Crippen LogP contribution in [0.2, 0.25) is 0 Å². The number of ether oxygens (including phenoxy) is 4. The van der Waals surface area contributed by atoms with Gasteiger partial charge in [0.2, 0.25) is 0 Å². The summed E-state index contributed by atoms with van der Waals surface area (Å²) in [6.45, 7) is 1.73. The number of rotatable bonds is 6. The Labute approximate surface area is 111 Å². The van der Waals surface area contributed by atoms with Gasteiger partial charge in [0.05, 0.1) is 27.9 Å². The summed E-state index contributed by atoms with van der Waals surface area (Å²) in [5, 5.41) is 0. The van der Waals surface area contributed by atoms with E-state index in [1.165, 1.54) is 27.4 Å². The van der Waals surface area contributed by atoms with Crippen molar-refractivity contribution < 1.29 is 28.5 Å². The van der Waals surface area contributed by atoms with E-state index >= 15 is 0 Å². The molecule has 0 aromatic heterocycles. The van der Waals surface area contributed by atoms with Gasteiger partial charge in [-0.15, -0.1) is 0 Å². The molecule has 0 saturated carbocycles. The van der Waals surface area contributed by atoms with E-state index in [-0.39, 0.29) is 23.7 Å². The molecule has 0 unspecified atom stereocenters. The predicted octanol–water partition coefficient (Wildman–Crippen LogP) is 1.46. The lowest BCUT2D eigenvalue weighted by molar-refractivity contribution is -0.137. The lowest BCUT2D eigenvalue weighted by Gasteiger charge is -2.14. The Morgan fingerprint density at radius 3 is 2.05 bits per heavy atom. The summed E-state index contributed by atoms with van der Waals surface area (Å²) in [5.41, 5.74) is -0.0113. The molecule has 6 heteroatoms. The molecular formula is C13H16O6. The van der Waals surface area contributed by atoms with Crippen molar-refractivity contribution in [2.45, 2.75) is 6.92 Å². The number of hydrogen-bond donors (Lipinski definition) is 0. The smallest absolute Gasteiger partial charge is 0.379 e. The highest BCUT2D eigenvalue weighted by molar-refractivity contribution is 6.42. The number of carbonyl (C=O) groups excluding carboxylic acids is 2. The van der Waals surface area contributed by atoms with Crippen LogP contribution < -0.4 is 14.2 Å². The van der Waals surface area contributed by atoms with Crippen molar-refractivity contribution in [1.82, 2.24) is 0 Å². The first-order chi connectivity index (χ1) is 9.10. The topological polar surface area (TPSA) is 71.1 Å². The van der Waals surface area contributed by atoms with Gasteiger partial charge in [0.1, 0.15) is 11.3 Å². The van der Waals surface area contributed by atoms with Gasteiger partial charge in [-0.3, -0.25) is 4.79 Å². The SMILES string of the molecule is CCOC(=O)C(=O)c1c(OC)ccc(OC)c1OC. The summed E-state index contributed by atoms with van der Waals surface area (Å²) >= 11 is 0. The van der Waals surface area contributed by atoms with Crippen LogP contribution in [0.3, 0.4) is 0 Å². The van der Waals surface area contributed by atoms with Gasteiger partial charge >= 0.3 is 5.97 Å². The van der Waals surface area contributed by atoms with Crippen molar-refractivity contribution in [1.29, 1.82) is 0 Å². The molecule has 0 aliphatic rings. The van der Waals surface area contributed by atoms with Gasteiger partial charge < -0.3 is 18.9 Å². The Hall–Kier alpha value is -2.24. The molecule has 1 aromatic rings. The number of hydrogen-bond acceptors (Lipinski definition) is 6. The fourth-order valence-electron chi connectivity index (χ4n) is 1.59. The van der Waals surface area contributed by atoms with Crippen molar-refractivity contribution in [3.05, 3.63) is 17.7 Å². The molecule has 1 aromatic carbocycles. The Kier molecular flexibility index (Phi) is 5.17. The molecule has 0 bridgehead atoms. The van der Waals surface area contributed by atoms with E-state index in [4.69, 9.17) is 18.9 Å². The average Bonchev–Trinajstić information content (AvgIpc) is 2.44. The van der Waals surface area contributed by atoms with Crippen LogP contribution >= 0.6 is 0 Å². The van der Waals surface area contributed by atoms with Gasteiger partial charge in [0.25, 0.3) is 5.78 Å². The molecule has 6 nitrogen and oxygen atoms in total. The van der Waals surface area contributed by atoms with E-state index in [1.54, 1.807) is 13.0 Å². The van der Waals surface area contributed by atoms with Crippen LogP contribution in [0, 0.1) is 0 Å². The van der Waals surface area contributed by atoms with Crippen LogP contribution in [-0.4, -0.2) is 39.7 Å². The fourth-order valence-corrected chi connectivity index (χ4v) is 1.59. The number of benzene rings is 1. The zero-order valence-corrected chi connectivity index (χ0v) is 11.3. The number of esters is 1. The lowest BCUT2D eigenvalue weighted by Crippen LogP contribution is -2.19. The summed E-state index contributed by atoms with van der Waals surface area (Å²) in [6, 6.07) is 3.10. The molecule has 19 heavy (non-hydrogen) atoms. The molecule has 1 rings (SSSR count). The molecule has 0 spiro atoms. The van der Waals surface area contributed by atoms with Crippen molar-refractivity contribution in [2.75, 3.05) is 27.9 Å². The Morgan fingerprint density at radius 1 is 1.00 bits per heavy atom. The molecule has 0 aliphatic heterocycles. The molecule has 0 heterocycles. The molecule has 0 N–H and O–H groups in total. The first-order valence-corrected chi connectivity index (χ1v) is 5.61. The van der Waals surface area contributed by atoms with Crippen LogP contribution in [-0.2, 0) is 9.53 Å². The molecule has 0 atom stereocenters. The minimum atomic E-state index is -0.965. The van der Waals surface area contributed by atoms with E-state index in [0.717, 1.165) is 0 Å². The van der Waals surface area contributed by atoms with Crippen molar-refractivity contribution in [2.24, 2.45) is 0 Å². The van der Waals surface area contributed by atoms with Crippen LogP contribution in [0.15, 0.2) is 12.1 Å². The van der Waals surface area contributed by atoms with Crippen LogP contribution in [0.1, 0.15) is 17.3 Å². The number of carbonyl (C=O) groups is 2. The molecule has 0 saturated heterocycles. The van der Waals surface area contributed by atoms with Gasteiger partial charge in [-0.1, -0.05) is 0 Å². The molecule has 0 amide bonds. The normalized spacial score (nSPS) is 9.68. The maximum Gasteiger partial charge on any atom is 0.379 e.